The van der Waals surface area contributed by atoms with Gasteiger partial charge in [-0.15, -0.1) is 0 Å². The second kappa shape index (κ2) is 7.59. The van der Waals surface area contributed by atoms with Crippen LogP contribution in [-0.2, 0) is 4.84 Å². The highest BCUT2D eigenvalue weighted by Gasteiger charge is 2.31. The van der Waals surface area contributed by atoms with Gasteiger partial charge < -0.3 is 11.5 Å². The standard InChI is InChI=1S/C13H30N4O/c1-7-8-18-17(10(2)3)13(5,6)9-11(4)16-12(14)15/h10-11H,7-9H2,1-6H3,(H4,14,15,16). The van der Waals surface area contributed by atoms with E-state index in [9.17, 15) is 0 Å². The Morgan fingerprint density at radius 2 is 1.83 bits per heavy atom. The van der Waals surface area contributed by atoms with E-state index in [4.69, 9.17) is 16.3 Å². The van der Waals surface area contributed by atoms with Gasteiger partial charge >= 0.3 is 0 Å². The number of hydroxylamine groups is 2. The van der Waals surface area contributed by atoms with E-state index in [-0.39, 0.29) is 17.5 Å². The van der Waals surface area contributed by atoms with Gasteiger partial charge in [0.25, 0.3) is 0 Å². The Morgan fingerprint density at radius 1 is 1.28 bits per heavy atom. The second-order valence-electron chi connectivity index (χ2n) is 5.67. The predicted molar refractivity (Wildman–Crippen MR) is 77.2 cm³/mol. The van der Waals surface area contributed by atoms with Gasteiger partial charge in [0.05, 0.1) is 12.6 Å². The molecule has 18 heavy (non-hydrogen) atoms. The fraction of sp³-hybridized carbons (Fsp3) is 0.923. The van der Waals surface area contributed by atoms with Crippen LogP contribution in [0.15, 0.2) is 4.99 Å². The van der Waals surface area contributed by atoms with Gasteiger partial charge in [0.2, 0.25) is 0 Å². The summed E-state index contributed by atoms with van der Waals surface area (Å²) in [5, 5.41) is 2.05. The van der Waals surface area contributed by atoms with E-state index in [0.717, 1.165) is 19.4 Å². The first-order valence-corrected chi connectivity index (χ1v) is 6.71. The Labute approximate surface area is 112 Å². The van der Waals surface area contributed by atoms with Gasteiger partial charge in [-0.05, 0) is 47.5 Å². The van der Waals surface area contributed by atoms with Gasteiger partial charge in [-0.1, -0.05) is 6.92 Å². The van der Waals surface area contributed by atoms with E-state index in [0.29, 0.717) is 6.04 Å². The summed E-state index contributed by atoms with van der Waals surface area (Å²) in [5.41, 5.74) is 10.7. The fourth-order valence-corrected chi connectivity index (χ4v) is 2.33. The molecule has 0 radical (unpaired) electrons. The average Bonchev–Trinajstić information content (AvgIpc) is 2.14. The molecule has 0 heterocycles. The monoisotopic (exact) mass is 258 g/mol. The molecule has 0 amide bonds. The SMILES string of the molecule is CCCON(C(C)C)C(C)(C)CC(C)N=C(N)N. The van der Waals surface area contributed by atoms with E-state index < -0.39 is 0 Å². The predicted octanol–water partition coefficient (Wildman–Crippen LogP) is 1.87. The average molecular weight is 258 g/mol. The van der Waals surface area contributed by atoms with E-state index in [2.05, 4.69) is 44.7 Å². The molecule has 0 aliphatic rings. The number of nitrogens with zero attached hydrogens (tertiary/aromatic N) is 2. The summed E-state index contributed by atoms with van der Waals surface area (Å²) in [4.78, 5) is 10.0. The molecule has 0 aromatic rings. The van der Waals surface area contributed by atoms with Gasteiger partial charge in [0.15, 0.2) is 5.96 Å². The third kappa shape index (κ3) is 6.21. The molecule has 0 aliphatic carbocycles. The first-order chi connectivity index (χ1) is 8.20. The Hall–Kier alpha value is -0.810. The maximum Gasteiger partial charge on any atom is 0.186 e. The highest BCUT2D eigenvalue weighted by atomic mass is 16.7. The van der Waals surface area contributed by atoms with E-state index in [1.165, 1.54) is 0 Å². The molecule has 0 saturated heterocycles. The number of guanidine groups is 1. The number of hydrogen-bond acceptors (Lipinski definition) is 3. The molecule has 0 rings (SSSR count). The van der Waals surface area contributed by atoms with E-state index in [1.54, 1.807) is 0 Å². The van der Waals surface area contributed by atoms with Crippen LogP contribution in [0.1, 0.15) is 54.4 Å². The molecular formula is C13H30N4O. The van der Waals surface area contributed by atoms with Crippen molar-refractivity contribution >= 4 is 5.96 Å². The van der Waals surface area contributed by atoms with Crippen molar-refractivity contribution in [3.05, 3.63) is 0 Å². The lowest BCUT2D eigenvalue weighted by Gasteiger charge is -2.41. The van der Waals surface area contributed by atoms with Crippen LogP contribution in [0.25, 0.3) is 0 Å². The normalized spacial score (nSPS) is 14.0. The van der Waals surface area contributed by atoms with Crippen LogP contribution in [0, 0.1) is 0 Å². The highest BCUT2D eigenvalue weighted by Crippen LogP contribution is 2.25. The lowest BCUT2D eigenvalue weighted by molar-refractivity contribution is -0.235. The zero-order chi connectivity index (χ0) is 14.3. The van der Waals surface area contributed by atoms with Crippen LogP contribution in [0.4, 0.5) is 0 Å². The van der Waals surface area contributed by atoms with Gasteiger partial charge in [-0.25, -0.2) is 0 Å². The molecule has 0 bridgehead atoms. The minimum atomic E-state index is -0.109. The number of rotatable bonds is 8. The van der Waals surface area contributed by atoms with Gasteiger partial charge in [0.1, 0.15) is 0 Å². The molecule has 5 heteroatoms. The first kappa shape index (κ1) is 17.2. The Balaban J connectivity index is 4.67. The lowest BCUT2D eigenvalue weighted by atomic mass is 9.94. The van der Waals surface area contributed by atoms with Crippen molar-refractivity contribution in [1.29, 1.82) is 0 Å². The molecule has 108 valence electrons. The van der Waals surface area contributed by atoms with Crippen LogP contribution in [-0.4, -0.2) is 35.3 Å². The molecule has 0 spiro atoms. The highest BCUT2D eigenvalue weighted by molar-refractivity contribution is 5.75. The maximum atomic E-state index is 5.85. The Kier molecular flexibility index (Phi) is 7.25. The van der Waals surface area contributed by atoms with Crippen molar-refractivity contribution in [2.45, 2.75) is 72.0 Å². The van der Waals surface area contributed by atoms with Crippen molar-refractivity contribution in [1.82, 2.24) is 5.06 Å². The van der Waals surface area contributed by atoms with E-state index in [1.807, 2.05) is 6.92 Å². The summed E-state index contributed by atoms with van der Waals surface area (Å²) in [5.74, 6) is 0.142. The number of aliphatic imine (C=N–C) groups is 1. The number of nitrogens with two attached hydrogens (primary N) is 2. The fourth-order valence-electron chi connectivity index (χ4n) is 2.33. The molecule has 4 N–H and O–H groups in total. The third-order valence-electron chi connectivity index (χ3n) is 2.66. The molecule has 0 aliphatic heterocycles. The summed E-state index contributed by atoms with van der Waals surface area (Å²) in [6.07, 6.45) is 1.84. The van der Waals surface area contributed by atoms with Crippen molar-refractivity contribution < 1.29 is 4.84 Å². The Morgan fingerprint density at radius 3 is 2.22 bits per heavy atom. The second-order valence-corrected chi connectivity index (χ2v) is 5.67. The number of hydrogen-bond donors (Lipinski definition) is 2. The van der Waals surface area contributed by atoms with Gasteiger partial charge in [-0.2, -0.15) is 5.06 Å². The van der Waals surface area contributed by atoms with Crippen LogP contribution < -0.4 is 11.5 Å². The molecule has 5 nitrogen and oxygen atoms in total. The molecule has 0 aromatic heterocycles. The van der Waals surface area contributed by atoms with Crippen LogP contribution in [0.3, 0.4) is 0 Å². The first-order valence-electron chi connectivity index (χ1n) is 6.71. The van der Waals surface area contributed by atoms with Gasteiger partial charge in [0, 0.05) is 11.6 Å². The summed E-state index contributed by atoms with van der Waals surface area (Å²) in [6, 6.07) is 0.398. The quantitative estimate of drug-likeness (QED) is 0.396. The largest absolute Gasteiger partial charge is 0.370 e. The molecule has 0 aromatic carbocycles. The van der Waals surface area contributed by atoms with Crippen LogP contribution >= 0.6 is 0 Å². The van der Waals surface area contributed by atoms with E-state index >= 15 is 0 Å². The molecule has 1 unspecified atom stereocenters. The van der Waals surface area contributed by atoms with Crippen molar-refractivity contribution in [3.63, 3.8) is 0 Å². The summed E-state index contributed by atoms with van der Waals surface area (Å²) < 4.78 is 0. The van der Waals surface area contributed by atoms with Crippen molar-refractivity contribution in [3.8, 4) is 0 Å². The zero-order valence-corrected chi connectivity index (χ0v) is 12.7. The minimum absolute atomic E-state index is 0.0801. The minimum Gasteiger partial charge on any atom is -0.370 e. The summed E-state index contributed by atoms with van der Waals surface area (Å²) in [7, 11) is 0. The van der Waals surface area contributed by atoms with Gasteiger partial charge in [-0.3, -0.25) is 9.83 Å². The maximum absolute atomic E-state index is 5.85. The third-order valence-corrected chi connectivity index (χ3v) is 2.66. The Bertz CT molecular complexity index is 260. The topological polar surface area (TPSA) is 76.9 Å². The summed E-state index contributed by atoms with van der Waals surface area (Å²) in [6.45, 7) is 13.4. The molecular weight excluding hydrogens is 228 g/mol. The summed E-state index contributed by atoms with van der Waals surface area (Å²) >= 11 is 0. The zero-order valence-electron chi connectivity index (χ0n) is 12.7. The molecule has 1 atom stereocenters. The lowest BCUT2D eigenvalue weighted by Crippen LogP contribution is -2.49. The van der Waals surface area contributed by atoms with Crippen LogP contribution in [0.2, 0.25) is 0 Å². The van der Waals surface area contributed by atoms with Crippen LogP contribution in [0.5, 0.6) is 0 Å². The van der Waals surface area contributed by atoms with Crippen molar-refractivity contribution in [2.75, 3.05) is 6.61 Å². The van der Waals surface area contributed by atoms with Crippen molar-refractivity contribution in [2.24, 2.45) is 16.5 Å². The molecule has 0 fully saturated rings. The molecule has 0 saturated carbocycles. The smallest absolute Gasteiger partial charge is 0.186 e.